The molecule has 0 bridgehead atoms. The van der Waals surface area contributed by atoms with Gasteiger partial charge >= 0.3 is 24.2 Å². The Bertz CT molecular complexity index is 1840. The number of hydrogen-bond acceptors (Lipinski definition) is 3. The summed E-state index contributed by atoms with van der Waals surface area (Å²) in [6, 6.07) is 19.7. The van der Waals surface area contributed by atoms with Gasteiger partial charge in [0.05, 0.1) is 17.1 Å². The van der Waals surface area contributed by atoms with Crippen molar-refractivity contribution in [3.8, 4) is 33.8 Å². The second-order valence-electron chi connectivity index (χ2n) is 14.2. The van der Waals surface area contributed by atoms with Gasteiger partial charge in [-0.05, 0) is 158 Å². The molecule has 262 valence electrons. The van der Waals surface area contributed by atoms with E-state index in [2.05, 4.69) is 148 Å². The van der Waals surface area contributed by atoms with E-state index < -0.39 is 7.12 Å². The fourth-order valence-corrected chi connectivity index (χ4v) is 7.92. The average molecular weight is 713 g/mol. The molecule has 0 fully saturated rings. The van der Waals surface area contributed by atoms with Crippen molar-refractivity contribution >= 4 is 7.12 Å². The van der Waals surface area contributed by atoms with Crippen molar-refractivity contribution in [2.75, 3.05) is 0 Å². The van der Waals surface area contributed by atoms with Crippen LogP contribution in [0.4, 0.5) is 0 Å². The molecule has 0 saturated carbocycles. The van der Waals surface area contributed by atoms with E-state index in [1.165, 1.54) is 92.4 Å². The van der Waals surface area contributed by atoms with Gasteiger partial charge < -0.3 is 13.8 Å². The first-order chi connectivity index (χ1) is 23.5. The molecule has 6 nitrogen and oxygen atoms in total. The predicted octanol–water partition coefficient (Wildman–Crippen LogP) is 9.83. The second-order valence-corrected chi connectivity index (χ2v) is 14.2. The first kappa shape index (κ1) is 36.9. The van der Waals surface area contributed by atoms with Crippen molar-refractivity contribution in [1.29, 1.82) is 0 Å². The summed E-state index contributed by atoms with van der Waals surface area (Å²) < 4.78 is 6.14. The van der Waals surface area contributed by atoms with E-state index >= 15 is 0 Å². The normalized spacial score (nSPS) is 12.5. The van der Waals surface area contributed by atoms with Gasteiger partial charge in [-0.15, -0.1) is 0 Å². The van der Waals surface area contributed by atoms with Gasteiger partial charge in [-0.2, -0.15) is 0 Å². The number of rotatable bonds is 6. The summed E-state index contributed by atoms with van der Waals surface area (Å²) in [7, 11) is -1.57. The smallest absolute Gasteiger partial charge is 0.402 e. The Morgan fingerprint density at radius 3 is 0.920 bits per heavy atom. The molecule has 0 atom stereocenters. The molecule has 7 rings (SSSR count). The van der Waals surface area contributed by atoms with E-state index in [-0.39, 0.29) is 17.1 Å². The van der Waals surface area contributed by atoms with Gasteiger partial charge in [0.1, 0.15) is 0 Å². The van der Waals surface area contributed by atoms with E-state index in [4.69, 9.17) is 15.3 Å². The maximum atomic E-state index is 5.17. The Balaban J connectivity index is 0.000000629. The van der Waals surface area contributed by atoms with Crippen LogP contribution in [0.15, 0.2) is 85.3 Å². The molecule has 50 heavy (non-hydrogen) atoms. The fourth-order valence-electron chi connectivity index (χ4n) is 7.92. The van der Waals surface area contributed by atoms with Crippen LogP contribution in [0.5, 0.6) is 0 Å². The van der Waals surface area contributed by atoms with Crippen molar-refractivity contribution in [2.45, 2.75) is 88.0 Å². The molecule has 6 aromatic rings. The minimum Gasteiger partial charge on any atom is -0.402 e. The minimum atomic E-state index is -1.57. The summed E-state index contributed by atoms with van der Waals surface area (Å²) in [4.78, 5) is 0. The third-order valence-corrected chi connectivity index (χ3v) is 9.75. The summed E-state index contributed by atoms with van der Waals surface area (Å²) in [5.41, 5.74) is 17.6. The predicted molar refractivity (Wildman–Crippen MR) is 207 cm³/mol. The molecule has 3 aromatic heterocycles. The zero-order valence-electron chi connectivity index (χ0n) is 31.1. The molecule has 0 saturated heterocycles. The van der Waals surface area contributed by atoms with Gasteiger partial charge in [0, 0.05) is 16.7 Å². The number of hydrogen-bond donors (Lipinski definition) is 0. The number of nitrogens with zero attached hydrogens (tertiary/aromatic N) is 6. The number of aryl methyl sites for hydroxylation is 9. The van der Waals surface area contributed by atoms with Crippen LogP contribution in [0.1, 0.15) is 75.8 Å². The maximum Gasteiger partial charge on any atom is 1.00 e. The number of benzene rings is 3. The SMILES string of the molecule is C1=CCCCC1.Cc1cc(C)c(-c2ccn([BH-](n3ccc(-c4c(C)cc(C)cc4C)n3)n3ccc(-c4c(C)cc(C)cc4C)n3)n2)c(C)c1.[Cu+]. The Hall–Kier alpha value is -4.39. The Morgan fingerprint density at radius 1 is 0.440 bits per heavy atom. The summed E-state index contributed by atoms with van der Waals surface area (Å²) in [6.45, 7) is 19.4. The minimum absolute atomic E-state index is 0. The van der Waals surface area contributed by atoms with Crippen LogP contribution in [0.2, 0.25) is 0 Å². The molecule has 3 aromatic carbocycles. The van der Waals surface area contributed by atoms with E-state index in [1.54, 1.807) is 0 Å². The van der Waals surface area contributed by atoms with Crippen LogP contribution in [-0.4, -0.2) is 36.2 Å². The molecule has 3 heterocycles. The van der Waals surface area contributed by atoms with E-state index in [0.29, 0.717) is 0 Å². The zero-order valence-corrected chi connectivity index (χ0v) is 32.0. The maximum absolute atomic E-state index is 5.17. The zero-order chi connectivity index (χ0) is 34.8. The molecule has 1 aliphatic rings. The summed E-state index contributed by atoms with van der Waals surface area (Å²) in [6.07, 6.45) is 16.2. The Kier molecular flexibility index (Phi) is 11.6. The quantitative estimate of drug-likeness (QED) is 0.128. The van der Waals surface area contributed by atoms with E-state index in [9.17, 15) is 0 Å². The van der Waals surface area contributed by atoms with Gasteiger partial charge in [0.2, 0.25) is 0 Å². The van der Waals surface area contributed by atoms with Crippen LogP contribution in [-0.2, 0) is 17.1 Å². The van der Waals surface area contributed by atoms with Crippen LogP contribution in [0.25, 0.3) is 33.8 Å². The third kappa shape index (κ3) is 7.82. The van der Waals surface area contributed by atoms with Crippen molar-refractivity contribution < 1.29 is 17.1 Å². The van der Waals surface area contributed by atoms with Crippen molar-refractivity contribution in [3.63, 3.8) is 0 Å². The topological polar surface area (TPSA) is 53.5 Å². The van der Waals surface area contributed by atoms with Crippen LogP contribution >= 0.6 is 0 Å². The van der Waals surface area contributed by atoms with Crippen LogP contribution < -0.4 is 0 Å². The molecule has 0 aliphatic heterocycles. The van der Waals surface area contributed by atoms with Gasteiger partial charge in [-0.3, -0.25) is 0 Å². The van der Waals surface area contributed by atoms with Crippen molar-refractivity contribution in [3.05, 3.63) is 135 Å². The molecule has 0 unspecified atom stereocenters. The van der Waals surface area contributed by atoms with Crippen LogP contribution in [0, 0.1) is 62.3 Å². The molecule has 0 spiro atoms. The van der Waals surface area contributed by atoms with Crippen LogP contribution in [0.3, 0.4) is 0 Å². The molecule has 0 amide bonds. The molecule has 1 aliphatic carbocycles. The number of aromatic nitrogens is 6. The van der Waals surface area contributed by atoms with Gasteiger partial charge in [0.15, 0.2) is 0 Å². The first-order valence-electron chi connectivity index (χ1n) is 17.7. The second kappa shape index (κ2) is 15.7. The molecular weight excluding hydrogens is 663 g/mol. The van der Waals surface area contributed by atoms with Gasteiger partial charge in [0.25, 0.3) is 0 Å². The summed E-state index contributed by atoms with van der Waals surface area (Å²) in [5, 5.41) is 15.5. The van der Waals surface area contributed by atoms with Crippen molar-refractivity contribution in [1.82, 2.24) is 29.1 Å². The molecule has 0 radical (unpaired) electrons. The molecule has 0 N–H and O–H groups in total. The Labute approximate surface area is 309 Å². The third-order valence-electron chi connectivity index (χ3n) is 9.75. The monoisotopic (exact) mass is 712 g/mol. The van der Waals surface area contributed by atoms with Crippen molar-refractivity contribution in [2.24, 2.45) is 0 Å². The standard InChI is InChI=1S/C36H40BN6.C6H10.Cu/c1-22-16-25(4)34(26(5)17-22)31-10-13-41(38-31)37(42-14-11-32(39-42)35-27(6)18-23(2)19-28(35)7)43-15-12-33(40-43)36-29(8)20-24(3)21-30(36)9;1-2-4-6-5-3-1;/h10-21,37H,1-9H3;1-2H,3-6H2;/q-1;;+1. The van der Waals surface area contributed by atoms with E-state index in [1.807, 2.05) is 13.8 Å². The molecular formula is C42H50BCuN6. The molecule has 8 heteroatoms. The largest absolute Gasteiger partial charge is 1.00 e. The summed E-state index contributed by atoms with van der Waals surface area (Å²) in [5.74, 6) is 0. The number of allylic oxidation sites excluding steroid dienone is 2. The average Bonchev–Trinajstić information content (AvgIpc) is 3.81. The summed E-state index contributed by atoms with van der Waals surface area (Å²) >= 11 is 0. The first-order valence-corrected chi connectivity index (χ1v) is 17.7. The Morgan fingerprint density at radius 2 is 0.700 bits per heavy atom. The van der Waals surface area contributed by atoms with E-state index in [0.717, 1.165) is 17.1 Å². The fraction of sp³-hybridized carbons (Fsp3) is 0.310. The van der Waals surface area contributed by atoms with Gasteiger partial charge in [-0.1, -0.05) is 65.2 Å². The van der Waals surface area contributed by atoms with Gasteiger partial charge in [-0.25, -0.2) is 15.3 Å².